The fourth-order valence-electron chi connectivity index (χ4n) is 2.52. The molecule has 1 aliphatic heterocycles. The van der Waals surface area contributed by atoms with Crippen molar-refractivity contribution in [3.8, 4) is 5.88 Å². The number of aromatic nitrogens is 2. The lowest BCUT2D eigenvalue weighted by atomic mass is 10.1. The smallest absolute Gasteiger partial charge is 0.335 e. The molecule has 136 valence electrons. The molecule has 3 rings (SSSR count). The highest BCUT2D eigenvalue weighted by molar-refractivity contribution is 7.90. The highest BCUT2D eigenvalue weighted by Crippen LogP contribution is 2.26. The molecule has 0 radical (unpaired) electrons. The minimum absolute atomic E-state index is 0.0217. The molecule has 8 nitrogen and oxygen atoms in total. The summed E-state index contributed by atoms with van der Waals surface area (Å²) in [6.07, 6.45) is 0.709. The van der Waals surface area contributed by atoms with Gasteiger partial charge in [-0.25, -0.2) is 22.9 Å². The molecule has 0 saturated carbocycles. The Morgan fingerprint density at radius 3 is 2.81 bits per heavy atom. The van der Waals surface area contributed by atoms with Gasteiger partial charge in [0.2, 0.25) is 11.8 Å². The molecule has 2 amide bonds. The van der Waals surface area contributed by atoms with Crippen LogP contribution in [0.5, 0.6) is 5.88 Å². The second-order valence-corrected chi connectivity index (χ2v) is 7.56. The molecule has 9 heteroatoms. The van der Waals surface area contributed by atoms with E-state index in [1.54, 1.807) is 26.0 Å². The molecule has 0 saturated heterocycles. The maximum absolute atomic E-state index is 12.4. The predicted octanol–water partition coefficient (Wildman–Crippen LogP) is 2.26. The first kappa shape index (κ1) is 17.9. The van der Waals surface area contributed by atoms with E-state index in [9.17, 15) is 13.2 Å². The number of rotatable bonds is 4. The molecule has 2 heterocycles. The summed E-state index contributed by atoms with van der Waals surface area (Å²) in [5.41, 5.74) is 2.96. The van der Waals surface area contributed by atoms with Crippen LogP contribution in [0.4, 0.5) is 10.7 Å². The molecule has 26 heavy (non-hydrogen) atoms. The average molecular weight is 374 g/mol. The maximum Gasteiger partial charge on any atom is 0.335 e. The maximum atomic E-state index is 12.4. The van der Waals surface area contributed by atoms with Crippen molar-refractivity contribution in [2.24, 2.45) is 0 Å². The number of allylic oxidation sites excluding steroid dienone is 1. The molecule has 0 bridgehead atoms. The van der Waals surface area contributed by atoms with Gasteiger partial charge in [-0.05, 0) is 31.5 Å². The summed E-state index contributed by atoms with van der Waals surface area (Å²) >= 11 is 0. The van der Waals surface area contributed by atoms with Gasteiger partial charge in [-0.3, -0.25) is 5.32 Å². The lowest BCUT2D eigenvalue weighted by molar-refractivity contribution is 0.256. The van der Waals surface area contributed by atoms with Gasteiger partial charge in [0, 0.05) is 12.0 Å². The summed E-state index contributed by atoms with van der Waals surface area (Å²) in [5.74, 6) is 0.386. The lowest BCUT2D eigenvalue weighted by Crippen LogP contribution is -2.35. The van der Waals surface area contributed by atoms with Crippen LogP contribution in [0, 0.1) is 6.92 Å². The van der Waals surface area contributed by atoms with Gasteiger partial charge in [-0.15, -0.1) is 0 Å². The number of aryl methyl sites for hydroxylation is 1. The van der Waals surface area contributed by atoms with Gasteiger partial charge in [-0.2, -0.15) is 4.98 Å². The number of fused-ring (bicyclic) bond motifs is 1. The fourth-order valence-corrected chi connectivity index (χ4v) is 3.47. The SMILES string of the molecule is C=C(C)c1cccc(S(=O)(=O)NC(=O)Nc2nc(C)c3c(n2)OCC3)c1. The molecule has 2 N–H and O–H groups in total. The number of carbonyl (C=O) groups is 1. The van der Waals surface area contributed by atoms with Crippen molar-refractivity contribution in [3.05, 3.63) is 47.7 Å². The molecule has 0 atom stereocenters. The van der Waals surface area contributed by atoms with Crippen molar-refractivity contribution in [3.63, 3.8) is 0 Å². The van der Waals surface area contributed by atoms with Crippen LogP contribution in [0.25, 0.3) is 5.57 Å². The fraction of sp³-hybridized carbons (Fsp3) is 0.235. The first-order valence-electron chi connectivity index (χ1n) is 7.86. The summed E-state index contributed by atoms with van der Waals surface area (Å²) in [6, 6.07) is 5.21. The van der Waals surface area contributed by atoms with E-state index in [2.05, 4.69) is 21.9 Å². The highest BCUT2D eigenvalue weighted by atomic mass is 32.2. The first-order valence-corrected chi connectivity index (χ1v) is 9.34. The zero-order chi connectivity index (χ0) is 18.9. The van der Waals surface area contributed by atoms with Crippen molar-refractivity contribution in [1.82, 2.24) is 14.7 Å². The monoisotopic (exact) mass is 374 g/mol. The zero-order valence-corrected chi connectivity index (χ0v) is 15.2. The minimum Gasteiger partial charge on any atom is -0.477 e. The van der Waals surface area contributed by atoms with E-state index in [1.807, 2.05) is 4.72 Å². The molecular formula is C17H18N4O4S. The number of hydrogen-bond donors (Lipinski definition) is 2. The number of nitrogens with one attached hydrogen (secondary N) is 2. The Morgan fingerprint density at radius 2 is 2.08 bits per heavy atom. The molecule has 0 spiro atoms. The van der Waals surface area contributed by atoms with E-state index in [1.165, 1.54) is 12.1 Å². The third kappa shape index (κ3) is 3.67. The van der Waals surface area contributed by atoms with Gasteiger partial charge in [0.1, 0.15) is 0 Å². The van der Waals surface area contributed by atoms with Crippen LogP contribution in [0.2, 0.25) is 0 Å². The Hall–Kier alpha value is -2.94. The molecule has 1 aromatic heterocycles. The first-order chi connectivity index (χ1) is 12.3. The topological polar surface area (TPSA) is 110 Å². The number of ether oxygens (including phenoxy) is 1. The Labute approximate surface area is 151 Å². The summed E-state index contributed by atoms with van der Waals surface area (Å²) < 4.78 is 32.1. The number of nitrogens with zero attached hydrogens (tertiary/aromatic N) is 2. The second-order valence-electron chi connectivity index (χ2n) is 5.88. The van der Waals surface area contributed by atoms with Crippen LogP contribution in [0.15, 0.2) is 35.7 Å². The Balaban J connectivity index is 1.76. The van der Waals surface area contributed by atoms with Crippen molar-refractivity contribution in [1.29, 1.82) is 0 Å². The van der Waals surface area contributed by atoms with Gasteiger partial charge in [-0.1, -0.05) is 24.3 Å². The van der Waals surface area contributed by atoms with Crippen LogP contribution >= 0.6 is 0 Å². The van der Waals surface area contributed by atoms with Crippen LogP contribution in [0.3, 0.4) is 0 Å². The van der Waals surface area contributed by atoms with E-state index in [0.717, 1.165) is 5.56 Å². The van der Waals surface area contributed by atoms with Crippen LogP contribution < -0.4 is 14.8 Å². The van der Waals surface area contributed by atoms with E-state index in [0.29, 0.717) is 35.7 Å². The van der Waals surface area contributed by atoms with Crippen molar-refractivity contribution in [2.75, 3.05) is 11.9 Å². The molecule has 0 aliphatic carbocycles. The summed E-state index contributed by atoms with van der Waals surface area (Å²) in [4.78, 5) is 20.3. The number of urea groups is 1. The van der Waals surface area contributed by atoms with Crippen LogP contribution in [-0.2, 0) is 16.4 Å². The van der Waals surface area contributed by atoms with Gasteiger partial charge >= 0.3 is 6.03 Å². The Bertz CT molecular complexity index is 1000. The molecule has 0 fully saturated rings. The van der Waals surface area contributed by atoms with Gasteiger partial charge < -0.3 is 4.74 Å². The van der Waals surface area contributed by atoms with E-state index >= 15 is 0 Å². The number of carbonyl (C=O) groups excluding carboxylic acids is 1. The highest BCUT2D eigenvalue weighted by Gasteiger charge is 2.22. The molecule has 2 aromatic rings. The van der Waals surface area contributed by atoms with Gasteiger partial charge in [0.15, 0.2) is 0 Å². The number of benzene rings is 1. The molecule has 1 aromatic carbocycles. The number of sulfonamides is 1. The number of hydrogen-bond acceptors (Lipinski definition) is 6. The van der Waals surface area contributed by atoms with E-state index in [-0.39, 0.29) is 10.8 Å². The molecule has 1 aliphatic rings. The van der Waals surface area contributed by atoms with E-state index in [4.69, 9.17) is 4.74 Å². The summed E-state index contributed by atoms with van der Waals surface area (Å²) in [6.45, 7) is 7.83. The summed E-state index contributed by atoms with van der Waals surface area (Å²) in [5, 5.41) is 2.33. The molecular weight excluding hydrogens is 356 g/mol. The van der Waals surface area contributed by atoms with Gasteiger partial charge in [0.05, 0.1) is 17.2 Å². The van der Waals surface area contributed by atoms with Gasteiger partial charge in [0.25, 0.3) is 10.0 Å². The van der Waals surface area contributed by atoms with E-state index < -0.39 is 16.1 Å². The third-order valence-corrected chi connectivity index (χ3v) is 5.18. The van der Waals surface area contributed by atoms with Crippen molar-refractivity contribution in [2.45, 2.75) is 25.2 Å². The Morgan fingerprint density at radius 1 is 1.31 bits per heavy atom. The number of amides is 2. The van der Waals surface area contributed by atoms with Crippen molar-refractivity contribution < 1.29 is 17.9 Å². The van der Waals surface area contributed by atoms with Crippen molar-refractivity contribution >= 4 is 27.6 Å². The second kappa shape index (κ2) is 6.75. The predicted molar refractivity (Wildman–Crippen MR) is 96.5 cm³/mol. The third-order valence-electron chi connectivity index (χ3n) is 3.86. The lowest BCUT2D eigenvalue weighted by Gasteiger charge is -2.10. The molecule has 0 unspecified atom stereocenters. The quantitative estimate of drug-likeness (QED) is 0.849. The van der Waals surface area contributed by atoms with Crippen LogP contribution in [0.1, 0.15) is 23.7 Å². The minimum atomic E-state index is -4.05. The largest absolute Gasteiger partial charge is 0.477 e. The Kier molecular flexibility index (Phi) is 4.64. The standard InChI is InChI=1S/C17H18N4O4S/c1-10(2)12-5-4-6-13(9-12)26(23,24)21-17(22)20-16-18-11(3)14-7-8-25-15(14)19-16/h4-6,9H,1,7-8H2,2-3H3,(H2,18,19,20,21,22). The average Bonchev–Trinajstić information content (AvgIpc) is 3.03. The zero-order valence-electron chi connectivity index (χ0n) is 14.4. The normalized spacial score (nSPS) is 12.8. The number of anilines is 1. The summed E-state index contributed by atoms with van der Waals surface area (Å²) in [7, 11) is -4.05. The van der Waals surface area contributed by atoms with Crippen LogP contribution in [-0.4, -0.2) is 31.0 Å².